The number of benzene rings is 2. The van der Waals surface area contributed by atoms with Crippen molar-refractivity contribution < 1.29 is 9.53 Å². The van der Waals surface area contributed by atoms with Crippen LogP contribution in [0, 0.1) is 18.3 Å². The minimum absolute atomic E-state index is 0.363. The van der Waals surface area contributed by atoms with E-state index in [9.17, 15) is 4.79 Å². The van der Waals surface area contributed by atoms with Gasteiger partial charge in [0, 0.05) is 11.4 Å². The second-order valence-corrected chi connectivity index (χ2v) is 4.45. The number of carbonyl (C=O) groups is 1. The van der Waals surface area contributed by atoms with E-state index in [1.165, 1.54) is 0 Å². The van der Waals surface area contributed by atoms with Crippen molar-refractivity contribution in [2.45, 2.75) is 6.92 Å². The summed E-state index contributed by atoms with van der Waals surface area (Å²) in [7, 11) is 1.59. The van der Waals surface area contributed by atoms with E-state index >= 15 is 0 Å². The number of nitriles is 1. The molecule has 0 saturated heterocycles. The topological polar surface area (TPSA) is 74.2 Å². The fourth-order valence-corrected chi connectivity index (χ4v) is 1.85. The van der Waals surface area contributed by atoms with Gasteiger partial charge in [-0.15, -0.1) is 0 Å². The summed E-state index contributed by atoms with van der Waals surface area (Å²) in [4.78, 5) is 12.0. The zero-order valence-electron chi connectivity index (χ0n) is 11.8. The van der Waals surface area contributed by atoms with E-state index in [1.807, 2.05) is 19.1 Å². The molecule has 0 saturated carbocycles. The number of ether oxygens (including phenoxy) is 1. The van der Waals surface area contributed by atoms with E-state index in [2.05, 4.69) is 10.6 Å². The number of nitrogens with one attached hydrogen (secondary N) is 2. The molecule has 0 unspecified atom stereocenters. The van der Waals surface area contributed by atoms with Crippen LogP contribution in [-0.2, 0) is 0 Å². The SMILES string of the molecule is COc1ccc(NC(=O)Nc2cccc(C#N)c2)c(C)c1. The lowest BCUT2D eigenvalue weighted by molar-refractivity contribution is 0.262. The van der Waals surface area contributed by atoms with Gasteiger partial charge in [-0.2, -0.15) is 5.26 Å². The molecular formula is C16H15N3O2. The van der Waals surface area contributed by atoms with Crippen LogP contribution in [0.15, 0.2) is 42.5 Å². The molecule has 5 nitrogen and oxygen atoms in total. The van der Waals surface area contributed by atoms with Gasteiger partial charge < -0.3 is 15.4 Å². The third kappa shape index (κ3) is 3.74. The number of anilines is 2. The lowest BCUT2D eigenvalue weighted by atomic mass is 10.2. The molecule has 0 radical (unpaired) electrons. The van der Waals surface area contributed by atoms with Crippen molar-refractivity contribution in [1.29, 1.82) is 5.26 Å². The molecule has 0 spiro atoms. The minimum atomic E-state index is -0.363. The first-order valence-electron chi connectivity index (χ1n) is 6.35. The minimum Gasteiger partial charge on any atom is -0.497 e. The van der Waals surface area contributed by atoms with Gasteiger partial charge >= 0.3 is 6.03 Å². The molecule has 0 aromatic heterocycles. The van der Waals surface area contributed by atoms with E-state index in [0.717, 1.165) is 11.3 Å². The first-order valence-corrected chi connectivity index (χ1v) is 6.35. The standard InChI is InChI=1S/C16H15N3O2/c1-11-8-14(21-2)6-7-15(11)19-16(20)18-13-5-3-4-12(9-13)10-17/h3-9H,1-2H3,(H2,18,19,20). The number of aryl methyl sites for hydroxylation is 1. The first-order chi connectivity index (χ1) is 10.1. The molecular weight excluding hydrogens is 266 g/mol. The fourth-order valence-electron chi connectivity index (χ4n) is 1.85. The number of nitrogens with zero attached hydrogens (tertiary/aromatic N) is 1. The van der Waals surface area contributed by atoms with E-state index in [4.69, 9.17) is 10.00 Å². The van der Waals surface area contributed by atoms with Crippen LogP contribution < -0.4 is 15.4 Å². The molecule has 2 rings (SSSR count). The molecule has 0 atom stereocenters. The van der Waals surface area contributed by atoms with E-state index < -0.39 is 0 Å². The lowest BCUT2D eigenvalue weighted by Gasteiger charge is -2.11. The summed E-state index contributed by atoms with van der Waals surface area (Å²) < 4.78 is 5.12. The Balaban J connectivity index is 2.06. The third-order valence-corrected chi connectivity index (χ3v) is 2.93. The monoisotopic (exact) mass is 281 g/mol. The maximum Gasteiger partial charge on any atom is 0.323 e. The molecule has 0 bridgehead atoms. The largest absolute Gasteiger partial charge is 0.497 e. The zero-order chi connectivity index (χ0) is 15.2. The fraction of sp³-hybridized carbons (Fsp3) is 0.125. The van der Waals surface area contributed by atoms with Crippen molar-refractivity contribution in [3.63, 3.8) is 0 Å². The Morgan fingerprint density at radius 1 is 1.19 bits per heavy atom. The molecule has 2 aromatic carbocycles. The zero-order valence-corrected chi connectivity index (χ0v) is 11.8. The number of rotatable bonds is 3. The first kappa shape index (κ1) is 14.4. The van der Waals surface area contributed by atoms with Gasteiger partial charge in [-0.1, -0.05) is 6.07 Å². The highest BCUT2D eigenvalue weighted by Gasteiger charge is 2.06. The second kappa shape index (κ2) is 6.44. The summed E-state index contributed by atoms with van der Waals surface area (Å²) in [5.74, 6) is 0.736. The van der Waals surface area contributed by atoms with Gasteiger partial charge in [0.05, 0.1) is 18.7 Å². The van der Waals surface area contributed by atoms with E-state index in [1.54, 1.807) is 43.5 Å². The molecule has 0 fully saturated rings. The van der Waals surface area contributed by atoms with Gasteiger partial charge in [-0.25, -0.2) is 4.79 Å². The maximum atomic E-state index is 12.0. The van der Waals surface area contributed by atoms with Gasteiger partial charge in [0.2, 0.25) is 0 Å². The molecule has 106 valence electrons. The average Bonchev–Trinajstić information content (AvgIpc) is 2.49. The molecule has 5 heteroatoms. The number of hydrogen-bond donors (Lipinski definition) is 2. The van der Waals surface area contributed by atoms with Crippen molar-refractivity contribution in [3.8, 4) is 11.8 Å². The van der Waals surface area contributed by atoms with Gasteiger partial charge in [-0.05, 0) is 48.9 Å². The molecule has 2 aromatic rings. The highest BCUT2D eigenvalue weighted by molar-refractivity contribution is 6.00. The summed E-state index contributed by atoms with van der Waals surface area (Å²) in [6.45, 7) is 1.88. The van der Waals surface area contributed by atoms with Gasteiger partial charge in [0.25, 0.3) is 0 Å². The van der Waals surface area contributed by atoms with Gasteiger partial charge in [0.15, 0.2) is 0 Å². The molecule has 0 aliphatic carbocycles. The Labute approximate surface area is 123 Å². The molecule has 0 aliphatic rings. The van der Waals surface area contributed by atoms with Crippen LogP contribution >= 0.6 is 0 Å². The van der Waals surface area contributed by atoms with Crippen molar-refractivity contribution >= 4 is 17.4 Å². The molecule has 2 amide bonds. The predicted octanol–water partition coefficient (Wildman–Crippen LogP) is 3.52. The summed E-state index contributed by atoms with van der Waals surface area (Å²) in [5, 5.41) is 14.3. The van der Waals surface area contributed by atoms with Crippen molar-refractivity contribution in [3.05, 3.63) is 53.6 Å². The average molecular weight is 281 g/mol. The maximum absolute atomic E-state index is 12.0. The second-order valence-electron chi connectivity index (χ2n) is 4.45. The van der Waals surface area contributed by atoms with Crippen molar-refractivity contribution in [2.24, 2.45) is 0 Å². The molecule has 2 N–H and O–H groups in total. The number of carbonyl (C=O) groups excluding carboxylic acids is 1. The Morgan fingerprint density at radius 2 is 2.00 bits per heavy atom. The molecule has 0 aliphatic heterocycles. The van der Waals surface area contributed by atoms with E-state index in [0.29, 0.717) is 16.9 Å². The quantitative estimate of drug-likeness (QED) is 0.904. The van der Waals surface area contributed by atoms with Crippen LogP contribution in [0.25, 0.3) is 0 Å². The summed E-state index contributed by atoms with van der Waals surface area (Å²) in [6, 6.07) is 13.8. The summed E-state index contributed by atoms with van der Waals surface area (Å²) >= 11 is 0. The van der Waals surface area contributed by atoms with Crippen LogP contribution in [0.5, 0.6) is 5.75 Å². The normalized spacial score (nSPS) is 9.57. The van der Waals surface area contributed by atoms with Crippen molar-refractivity contribution in [2.75, 3.05) is 17.7 Å². The third-order valence-electron chi connectivity index (χ3n) is 2.93. The van der Waals surface area contributed by atoms with Crippen LogP contribution in [0.1, 0.15) is 11.1 Å². The molecule has 21 heavy (non-hydrogen) atoms. The van der Waals surface area contributed by atoms with Crippen LogP contribution in [-0.4, -0.2) is 13.1 Å². The van der Waals surface area contributed by atoms with Crippen LogP contribution in [0.4, 0.5) is 16.2 Å². The van der Waals surface area contributed by atoms with Crippen molar-refractivity contribution in [1.82, 2.24) is 0 Å². The predicted molar refractivity (Wildman–Crippen MR) is 81.5 cm³/mol. The Kier molecular flexibility index (Phi) is 4.42. The number of methoxy groups -OCH3 is 1. The Morgan fingerprint density at radius 3 is 2.67 bits per heavy atom. The number of urea groups is 1. The Hall–Kier alpha value is -3.00. The van der Waals surface area contributed by atoms with Gasteiger partial charge in [-0.3, -0.25) is 0 Å². The molecule has 0 heterocycles. The Bertz CT molecular complexity index is 705. The highest BCUT2D eigenvalue weighted by atomic mass is 16.5. The number of hydrogen-bond acceptors (Lipinski definition) is 3. The van der Waals surface area contributed by atoms with Crippen LogP contribution in [0.2, 0.25) is 0 Å². The van der Waals surface area contributed by atoms with E-state index in [-0.39, 0.29) is 6.03 Å². The lowest BCUT2D eigenvalue weighted by Crippen LogP contribution is -2.20. The number of amides is 2. The van der Waals surface area contributed by atoms with Crippen LogP contribution in [0.3, 0.4) is 0 Å². The highest BCUT2D eigenvalue weighted by Crippen LogP contribution is 2.21. The summed E-state index contributed by atoms with van der Waals surface area (Å²) in [6.07, 6.45) is 0. The van der Waals surface area contributed by atoms with Gasteiger partial charge in [0.1, 0.15) is 5.75 Å². The smallest absolute Gasteiger partial charge is 0.323 e. The summed E-state index contributed by atoms with van der Waals surface area (Å²) in [5.41, 5.74) is 2.66.